The molecular weight excluding hydrogens is 272 g/mol. The molecule has 0 saturated heterocycles. The van der Waals surface area contributed by atoms with Gasteiger partial charge in [-0.05, 0) is 17.7 Å². The van der Waals surface area contributed by atoms with E-state index in [2.05, 4.69) is 10.5 Å². The van der Waals surface area contributed by atoms with Crippen LogP contribution >= 0.6 is 0 Å². The summed E-state index contributed by atoms with van der Waals surface area (Å²) in [4.78, 5) is 21.6. The number of nitrogens with one attached hydrogen (secondary N) is 1. The van der Waals surface area contributed by atoms with Crippen LogP contribution in [0.2, 0.25) is 0 Å². The third kappa shape index (κ3) is 4.50. The normalized spacial score (nSPS) is 10.5. The van der Waals surface area contributed by atoms with Gasteiger partial charge in [-0.1, -0.05) is 6.07 Å². The highest BCUT2D eigenvalue weighted by Crippen LogP contribution is 2.10. The predicted molar refractivity (Wildman–Crippen MR) is 75.5 cm³/mol. The Kier molecular flexibility index (Phi) is 4.70. The maximum absolute atomic E-state index is 11.6. The first-order valence-electron chi connectivity index (χ1n) is 6.15. The highest BCUT2D eigenvalue weighted by Gasteiger charge is 2.06. The van der Waals surface area contributed by atoms with Crippen LogP contribution in [0.25, 0.3) is 0 Å². The standard InChI is InChI=1S/C14H12N4O3/c19-14(11-17-8-2-1-3-9-17)16-15-10-12-4-6-13(7-5-12)18(20)21/h1-10H,11H2/p+1/b15-10-. The number of rotatable bonds is 5. The largest absolute Gasteiger partial charge is 0.305 e. The van der Waals surface area contributed by atoms with E-state index >= 15 is 0 Å². The summed E-state index contributed by atoms with van der Waals surface area (Å²) >= 11 is 0. The summed E-state index contributed by atoms with van der Waals surface area (Å²) in [6.45, 7) is 0.165. The van der Waals surface area contributed by atoms with Crippen molar-refractivity contribution in [2.24, 2.45) is 5.10 Å². The minimum atomic E-state index is -0.472. The summed E-state index contributed by atoms with van der Waals surface area (Å²) < 4.78 is 1.72. The van der Waals surface area contributed by atoms with Gasteiger partial charge in [0.1, 0.15) is 0 Å². The van der Waals surface area contributed by atoms with Crippen LogP contribution in [-0.4, -0.2) is 17.0 Å². The monoisotopic (exact) mass is 285 g/mol. The number of aromatic nitrogens is 1. The smallest absolute Gasteiger partial charge is 0.266 e. The number of non-ortho nitro benzene ring substituents is 1. The number of nitro groups is 1. The van der Waals surface area contributed by atoms with E-state index in [0.29, 0.717) is 5.56 Å². The molecule has 2 aromatic rings. The maximum Gasteiger partial charge on any atom is 0.305 e. The zero-order valence-corrected chi connectivity index (χ0v) is 11.0. The van der Waals surface area contributed by atoms with Gasteiger partial charge in [0, 0.05) is 24.3 Å². The SMILES string of the molecule is O=C(C[n+]1ccccc1)N/N=C\c1ccc([N+](=O)[O-])cc1. The minimum absolute atomic E-state index is 0.0108. The second-order valence-corrected chi connectivity index (χ2v) is 4.19. The van der Waals surface area contributed by atoms with Crippen molar-refractivity contribution in [3.05, 3.63) is 70.5 Å². The molecule has 0 radical (unpaired) electrons. The van der Waals surface area contributed by atoms with Crippen molar-refractivity contribution < 1.29 is 14.3 Å². The van der Waals surface area contributed by atoms with Crippen molar-refractivity contribution >= 4 is 17.8 Å². The molecule has 0 aliphatic heterocycles. The van der Waals surface area contributed by atoms with E-state index < -0.39 is 4.92 Å². The fraction of sp³-hybridized carbons (Fsp3) is 0.0714. The number of amides is 1. The van der Waals surface area contributed by atoms with E-state index in [-0.39, 0.29) is 18.1 Å². The average Bonchev–Trinajstić information content (AvgIpc) is 2.49. The highest BCUT2D eigenvalue weighted by atomic mass is 16.6. The van der Waals surface area contributed by atoms with Gasteiger partial charge in [-0.15, -0.1) is 0 Å². The fourth-order valence-electron chi connectivity index (χ4n) is 1.60. The minimum Gasteiger partial charge on any atom is -0.266 e. The first kappa shape index (κ1) is 14.3. The molecule has 0 saturated carbocycles. The molecule has 0 aliphatic carbocycles. The number of hydrazone groups is 1. The lowest BCUT2D eigenvalue weighted by Gasteiger charge is -1.96. The molecule has 0 atom stereocenters. The quantitative estimate of drug-likeness (QED) is 0.385. The second-order valence-electron chi connectivity index (χ2n) is 4.19. The molecule has 1 N–H and O–H groups in total. The van der Waals surface area contributed by atoms with E-state index in [1.807, 2.05) is 18.2 Å². The highest BCUT2D eigenvalue weighted by molar-refractivity contribution is 5.82. The molecule has 0 unspecified atom stereocenters. The molecule has 1 aromatic carbocycles. The molecule has 1 amide bonds. The number of nitrogens with zero attached hydrogens (tertiary/aromatic N) is 3. The van der Waals surface area contributed by atoms with Crippen LogP contribution in [0.15, 0.2) is 60.0 Å². The van der Waals surface area contributed by atoms with E-state index in [4.69, 9.17) is 0 Å². The third-order valence-electron chi connectivity index (χ3n) is 2.61. The van der Waals surface area contributed by atoms with Gasteiger partial charge in [0.05, 0.1) is 11.1 Å². The number of hydrogen-bond acceptors (Lipinski definition) is 4. The van der Waals surface area contributed by atoms with Crippen molar-refractivity contribution in [1.82, 2.24) is 5.43 Å². The first-order valence-corrected chi connectivity index (χ1v) is 6.15. The zero-order chi connectivity index (χ0) is 15.1. The summed E-state index contributed by atoms with van der Waals surface area (Å²) in [5.74, 6) is -0.260. The lowest BCUT2D eigenvalue weighted by Crippen LogP contribution is -2.40. The van der Waals surface area contributed by atoms with Crippen LogP contribution in [0.5, 0.6) is 0 Å². The van der Waals surface area contributed by atoms with Gasteiger partial charge in [-0.25, -0.2) is 5.43 Å². The lowest BCUT2D eigenvalue weighted by atomic mass is 10.2. The summed E-state index contributed by atoms with van der Waals surface area (Å²) in [6, 6.07) is 11.4. The van der Waals surface area contributed by atoms with Crippen molar-refractivity contribution in [1.29, 1.82) is 0 Å². The summed E-state index contributed by atoms with van der Waals surface area (Å²) in [5, 5.41) is 14.3. The van der Waals surface area contributed by atoms with E-state index in [1.165, 1.54) is 18.3 Å². The number of benzene rings is 1. The van der Waals surface area contributed by atoms with Crippen molar-refractivity contribution in [2.75, 3.05) is 0 Å². The van der Waals surface area contributed by atoms with Gasteiger partial charge >= 0.3 is 5.91 Å². The molecule has 7 heteroatoms. The van der Waals surface area contributed by atoms with Gasteiger partial charge in [-0.2, -0.15) is 9.67 Å². The van der Waals surface area contributed by atoms with Crippen LogP contribution < -0.4 is 9.99 Å². The Morgan fingerprint density at radius 1 is 1.24 bits per heavy atom. The van der Waals surface area contributed by atoms with E-state index in [1.54, 1.807) is 29.1 Å². The van der Waals surface area contributed by atoms with Crippen LogP contribution in [0.1, 0.15) is 5.56 Å². The molecule has 2 rings (SSSR count). The number of carbonyl (C=O) groups is 1. The van der Waals surface area contributed by atoms with Gasteiger partial charge in [-0.3, -0.25) is 14.9 Å². The van der Waals surface area contributed by atoms with Crippen LogP contribution in [0.4, 0.5) is 5.69 Å². The molecule has 106 valence electrons. The topological polar surface area (TPSA) is 88.5 Å². The molecule has 0 spiro atoms. The number of nitro benzene ring substituents is 1. The van der Waals surface area contributed by atoms with Gasteiger partial charge in [0.25, 0.3) is 5.69 Å². The average molecular weight is 285 g/mol. The fourth-order valence-corrected chi connectivity index (χ4v) is 1.60. The van der Waals surface area contributed by atoms with Crippen LogP contribution in [-0.2, 0) is 11.3 Å². The summed E-state index contributed by atoms with van der Waals surface area (Å²) in [6.07, 6.45) is 4.98. The summed E-state index contributed by atoms with van der Waals surface area (Å²) in [5.41, 5.74) is 3.06. The van der Waals surface area contributed by atoms with Crippen molar-refractivity contribution in [2.45, 2.75) is 6.54 Å². The molecule has 7 nitrogen and oxygen atoms in total. The van der Waals surface area contributed by atoms with Crippen LogP contribution in [0, 0.1) is 10.1 Å². The molecular formula is C14H13N4O3+. The molecule has 1 heterocycles. The second kappa shape index (κ2) is 6.90. The molecule has 0 bridgehead atoms. The van der Waals surface area contributed by atoms with Gasteiger partial charge < -0.3 is 0 Å². The third-order valence-corrected chi connectivity index (χ3v) is 2.61. The van der Waals surface area contributed by atoms with Gasteiger partial charge in [0.2, 0.25) is 6.54 Å². The Balaban J connectivity index is 1.87. The lowest BCUT2D eigenvalue weighted by molar-refractivity contribution is -0.684. The van der Waals surface area contributed by atoms with Gasteiger partial charge in [0.15, 0.2) is 12.4 Å². The Hall–Kier alpha value is -3.09. The molecule has 1 aromatic heterocycles. The Bertz CT molecular complexity index is 654. The maximum atomic E-state index is 11.6. The summed E-state index contributed by atoms with van der Waals surface area (Å²) in [7, 11) is 0. The number of hydrogen-bond donors (Lipinski definition) is 1. The number of carbonyl (C=O) groups excluding carboxylic acids is 1. The van der Waals surface area contributed by atoms with Crippen molar-refractivity contribution in [3.63, 3.8) is 0 Å². The Labute approximate surface area is 120 Å². The molecule has 0 fully saturated rings. The van der Waals surface area contributed by atoms with E-state index in [9.17, 15) is 14.9 Å². The van der Waals surface area contributed by atoms with E-state index in [0.717, 1.165) is 0 Å². The molecule has 0 aliphatic rings. The van der Waals surface area contributed by atoms with Crippen molar-refractivity contribution in [3.8, 4) is 0 Å². The Morgan fingerprint density at radius 2 is 1.90 bits per heavy atom. The zero-order valence-electron chi connectivity index (χ0n) is 11.0. The first-order chi connectivity index (χ1) is 10.1. The predicted octanol–water partition coefficient (Wildman–Crippen LogP) is 1.03. The Morgan fingerprint density at radius 3 is 2.52 bits per heavy atom. The molecule has 21 heavy (non-hydrogen) atoms. The van der Waals surface area contributed by atoms with Crippen LogP contribution in [0.3, 0.4) is 0 Å². The number of pyridine rings is 1.